The fourth-order valence-corrected chi connectivity index (χ4v) is 8.55. The number of rotatable bonds is 2. The van der Waals surface area contributed by atoms with E-state index in [1.165, 1.54) is 36.5 Å². The van der Waals surface area contributed by atoms with E-state index in [9.17, 15) is 9.13 Å². The van der Waals surface area contributed by atoms with Crippen molar-refractivity contribution in [3.63, 3.8) is 0 Å². The average Bonchev–Trinajstić information content (AvgIpc) is 3.74. The molecule has 18 nitrogen and oxygen atoms in total. The minimum Gasteiger partial charge on any atom is -0.382 e. The lowest BCUT2D eigenvalue weighted by Gasteiger charge is -2.27. The zero-order valence-electron chi connectivity index (χ0n) is 23.8. The van der Waals surface area contributed by atoms with Gasteiger partial charge in [-0.25, -0.2) is 38.9 Å². The van der Waals surface area contributed by atoms with Crippen LogP contribution in [0.5, 0.6) is 0 Å². The van der Waals surface area contributed by atoms with E-state index in [1.807, 2.05) is 6.92 Å². The molecule has 0 radical (unpaired) electrons. The quantitative estimate of drug-likeness (QED) is 0.203. The first kappa shape index (κ1) is 30.8. The first-order valence-electron chi connectivity index (χ1n) is 13.8. The summed E-state index contributed by atoms with van der Waals surface area (Å²) in [6, 6.07) is 0. The van der Waals surface area contributed by atoms with Gasteiger partial charge in [-0.2, -0.15) is 0 Å². The van der Waals surface area contributed by atoms with Gasteiger partial charge in [0.1, 0.15) is 48.2 Å². The molecular formula is C23H29FN10O8P2S. The predicted molar refractivity (Wildman–Crippen MR) is 158 cm³/mol. The molecule has 7 heterocycles. The number of aromatic nitrogens is 8. The molecule has 4 N–H and O–H groups in total. The number of nitrogens with two attached hydrogens (primary N) is 2. The van der Waals surface area contributed by atoms with Crippen LogP contribution in [0.1, 0.15) is 25.8 Å². The van der Waals surface area contributed by atoms with E-state index in [0.29, 0.717) is 11.2 Å². The van der Waals surface area contributed by atoms with Crippen LogP contribution in [0.4, 0.5) is 16.0 Å². The number of halogens is 1. The number of nitrogen functional groups attached to an aromatic ring is 2. The highest BCUT2D eigenvalue weighted by Crippen LogP contribution is 2.58. The van der Waals surface area contributed by atoms with Gasteiger partial charge >= 0.3 is 14.4 Å². The molecule has 0 spiro atoms. The molecule has 3 saturated heterocycles. The smallest absolute Gasteiger partial charge is 0.382 e. The van der Waals surface area contributed by atoms with E-state index < -0.39 is 70.0 Å². The third-order valence-corrected chi connectivity index (χ3v) is 10.8. The molecule has 4 aromatic rings. The third-order valence-electron chi connectivity index (χ3n) is 7.93. The Kier molecular flexibility index (Phi) is 7.86. The Hall–Kier alpha value is -2.80. The van der Waals surface area contributed by atoms with E-state index in [0.717, 1.165) is 0 Å². The average molecular weight is 687 g/mol. The van der Waals surface area contributed by atoms with Gasteiger partial charge in [-0.3, -0.25) is 18.2 Å². The van der Waals surface area contributed by atoms with E-state index in [-0.39, 0.29) is 35.8 Å². The molecule has 242 valence electrons. The summed E-state index contributed by atoms with van der Waals surface area (Å²) in [6.45, 7) is -1.77. The van der Waals surface area contributed by atoms with Gasteiger partial charge in [0.15, 0.2) is 35.3 Å². The molecule has 0 aliphatic carbocycles. The van der Waals surface area contributed by atoms with E-state index in [2.05, 4.69) is 42.2 Å². The molecule has 10 atom stereocenters. The number of nitrogens with zero attached hydrogens (tertiary/aromatic N) is 8. The summed E-state index contributed by atoms with van der Waals surface area (Å²) in [4.78, 5) is 24.8. The minimum atomic E-state index is -4.19. The first-order chi connectivity index (χ1) is 21.4. The molecule has 3 aliphatic heterocycles. The van der Waals surface area contributed by atoms with Crippen molar-refractivity contribution in [2.45, 2.75) is 56.4 Å². The van der Waals surface area contributed by atoms with Crippen molar-refractivity contribution in [2.75, 3.05) is 31.3 Å². The molecule has 0 saturated carbocycles. The SMILES string of the molecule is C[C@@H]1[C@@H]2O[P@@](C)(=O)OC[C@H]3O[C@@H](n4cnc5c(N)ncnc54)[C@H](O[P@](=O)(S)OCC[C@H]2O[C@H]1n1cnc2c(N)ncnc21)[C@@H]3F. The van der Waals surface area contributed by atoms with Gasteiger partial charge in [0.05, 0.1) is 32.0 Å². The highest BCUT2D eigenvalue weighted by molar-refractivity contribution is 8.44. The number of anilines is 2. The summed E-state index contributed by atoms with van der Waals surface area (Å²) in [7, 11) is -3.84. The maximum atomic E-state index is 16.0. The Labute approximate surface area is 259 Å². The second-order valence-electron chi connectivity index (χ2n) is 10.9. The molecule has 3 fully saturated rings. The summed E-state index contributed by atoms with van der Waals surface area (Å²) in [5.74, 6) is -0.131. The molecule has 0 aromatic carbocycles. The Bertz CT molecular complexity index is 1850. The number of hydrogen-bond acceptors (Lipinski definition) is 16. The van der Waals surface area contributed by atoms with Gasteiger partial charge in [-0.1, -0.05) is 19.2 Å². The summed E-state index contributed by atoms with van der Waals surface area (Å²) in [5, 5.41) is 0. The van der Waals surface area contributed by atoms with E-state index in [4.69, 9.17) is 39.0 Å². The number of alkyl halides is 1. The van der Waals surface area contributed by atoms with E-state index in [1.54, 1.807) is 4.57 Å². The Morgan fingerprint density at radius 1 is 0.867 bits per heavy atom. The lowest BCUT2D eigenvalue weighted by molar-refractivity contribution is -0.0453. The second kappa shape index (κ2) is 11.5. The Morgan fingerprint density at radius 2 is 1.47 bits per heavy atom. The van der Waals surface area contributed by atoms with Crippen LogP contribution in [0.15, 0.2) is 25.3 Å². The maximum absolute atomic E-state index is 16.0. The maximum Gasteiger partial charge on any atom is 0.386 e. The van der Waals surface area contributed by atoms with Crippen LogP contribution in [0.2, 0.25) is 0 Å². The molecule has 7 rings (SSSR count). The summed E-state index contributed by atoms with van der Waals surface area (Å²) < 4.78 is 81.4. The van der Waals surface area contributed by atoms with Crippen LogP contribution in [0.3, 0.4) is 0 Å². The highest BCUT2D eigenvalue weighted by Gasteiger charge is 2.52. The standard InChI is InChI=1S/C23H29FN10O8P2S/c1-10-16-11(39-22(10)33-8-31-14-18(25)27-6-29-20(14)33)3-4-37-44(36,45)42-17-13(24)12(5-38-43(2,35)41-16)40-23(17)34-9-32-15-19(26)28-7-30-21(15)34/h6-13,16-17,22-23H,3-5H2,1-2H3,(H,36,45)(H2,25,27,29)(H2,26,28,30)/t10-,11-,12-,13-,16+,17-,22-,23-,43+,44-/m1/s1. The summed E-state index contributed by atoms with van der Waals surface area (Å²) in [5.41, 5.74) is 13.2. The van der Waals surface area contributed by atoms with Crippen molar-refractivity contribution >= 4 is 60.6 Å². The normalized spacial score (nSPS) is 38.0. The van der Waals surface area contributed by atoms with Gasteiger partial charge in [0.2, 0.25) is 0 Å². The largest absolute Gasteiger partial charge is 0.386 e. The molecule has 2 bridgehead atoms. The molecule has 22 heteroatoms. The van der Waals surface area contributed by atoms with Crippen molar-refractivity contribution in [1.82, 2.24) is 39.0 Å². The Balaban J connectivity index is 1.17. The number of ether oxygens (including phenoxy) is 2. The van der Waals surface area contributed by atoms with Crippen molar-refractivity contribution < 1.29 is 41.1 Å². The topological polar surface area (TPSA) is 229 Å². The van der Waals surface area contributed by atoms with Crippen molar-refractivity contribution in [1.29, 1.82) is 0 Å². The lowest BCUT2D eigenvalue weighted by Crippen LogP contribution is -2.33. The molecule has 0 amide bonds. The minimum absolute atomic E-state index is 0.0967. The van der Waals surface area contributed by atoms with Gasteiger partial charge in [-0.15, -0.1) is 0 Å². The van der Waals surface area contributed by atoms with Crippen LogP contribution >= 0.6 is 26.6 Å². The number of imidazole rings is 2. The van der Waals surface area contributed by atoms with Crippen molar-refractivity contribution in [3.8, 4) is 0 Å². The second-order valence-corrected chi connectivity index (χ2v) is 15.8. The summed E-state index contributed by atoms with van der Waals surface area (Å²) in [6.07, 6.45) is -2.73. The van der Waals surface area contributed by atoms with Crippen LogP contribution < -0.4 is 11.5 Å². The van der Waals surface area contributed by atoms with E-state index >= 15 is 4.39 Å². The van der Waals surface area contributed by atoms with Crippen molar-refractivity contribution in [2.24, 2.45) is 5.92 Å². The molecule has 3 aliphatic rings. The monoisotopic (exact) mass is 686 g/mol. The third kappa shape index (κ3) is 5.61. The number of thiol groups is 1. The zero-order chi connectivity index (χ0) is 31.7. The fraction of sp³-hybridized carbons (Fsp3) is 0.565. The highest BCUT2D eigenvalue weighted by atomic mass is 32.7. The van der Waals surface area contributed by atoms with Crippen LogP contribution in [-0.2, 0) is 36.7 Å². The molecular weight excluding hydrogens is 657 g/mol. The predicted octanol–water partition coefficient (Wildman–Crippen LogP) is 2.67. The Morgan fingerprint density at radius 3 is 2.11 bits per heavy atom. The fourth-order valence-electron chi connectivity index (χ4n) is 5.80. The van der Waals surface area contributed by atoms with Gasteiger partial charge in [0, 0.05) is 19.0 Å². The number of fused-ring (bicyclic) bond motifs is 5. The first-order valence-corrected chi connectivity index (χ1v) is 18.5. The lowest BCUT2D eigenvalue weighted by atomic mass is 10.0. The zero-order valence-corrected chi connectivity index (χ0v) is 26.5. The van der Waals surface area contributed by atoms with Crippen LogP contribution in [-0.4, -0.2) is 89.5 Å². The summed E-state index contributed by atoms with van der Waals surface area (Å²) >= 11 is 4.12. The van der Waals surface area contributed by atoms with Crippen LogP contribution in [0, 0.1) is 5.92 Å². The number of hydrogen-bond donors (Lipinski definition) is 3. The van der Waals surface area contributed by atoms with Gasteiger partial charge < -0.3 is 34.5 Å². The van der Waals surface area contributed by atoms with Crippen LogP contribution in [0.25, 0.3) is 22.3 Å². The van der Waals surface area contributed by atoms with Crippen molar-refractivity contribution in [3.05, 3.63) is 25.3 Å². The molecule has 45 heavy (non-hydrogen) atoms. The van der Waals surface area contributed by atoms with Gasteiger partial charge in [-0.05, 0) is 0 Å². The van der Waals surface area contributed by atoms with Gasteiger partial charge in [0.25, 0.3) is 0 Å². The molecule has 0 unspecified atom stereocenters. The molecule has 4 aromatic heterocycles.